The molecule has 1 aliphatic rings. The van der Waals surface area contributed by atoms with E-state index in [9.17, 15) is 0 Å². The van der Waals surface area contributed by atoms with Crippen LogP contribution in [0.15, 0.2) is 0 Å². The van der Waals surface area contributed by atoms with Gasteiger partial charge in [-0.25, -0.2) is 0 Å². The van der Waals surface area contributed by atoms with Gasteiger partial charge in [-0.15, -0.1) is 34.8 Å². The summed E-state index contributed by atoms with van der Waals surface area (Å²) in [6.07, 6.45) is 0. The third kappa shape index (κ3) is 0.875. The first-order valence-corrected chi connectivity index (χ1v) is 4.17. The Balaban J connectivity index is 2.66. The second-order valence-corrected chi connectivity index (χ2v) is 4.75. The molecule has 1 unspecified atom stereocenters. The van der Waals surface area contributed by atoms with E-state index in [1.807, 2.05) is 13.8 Å². The molecule has 0 N–H and O–H groups in total. The predicted molar refractivity (Wildman–Crippen MR) is 42.4 cm³/mol. The fourth-order valence-corrected chi connectivity index (χ4v) is 2.68. The highest BCUT2D eigenvalue weighted by molar-refractivity contribution is 6.52. The summed E-state index contributed by atoms with van der Waals surface area (Å²) in [5.74, 6) is 0.815. The number of alkyl halides is 3. The molecule has 1 fully saturated rings. The van der Waals surface area contributed by atoms with Crippen LogP contribution in [0.2, 0.25) is 0 Å². The summed E-state index contributed by atoms with van der Waals surface area (Å²) in [5, 5.41) is 0. The molecule has 54 valence electrons. The lowest BCUT2D eigenvalue weighted by atomic mass is 10.1. The van der Waals surface area contributed by atoms with Crippen LogP contribution in [0.1, 0.15) is 13.8 Å². The Kier molecular flexibility index (Phi) is 1.71. The van der Waals surface area contributed by atoms with E-state index in [1.165, 1.54) is 0 Å². The largest absolute Gasteiger partial charge is 0.128 e. The zero-order valence-corrected chi connectivity index (χ0v) is 7.69. The Morgan fingerprint density at radius 2 is 1.67 bits per heavy atom. The monoisotopic (exact) mass is 186 g/mol. The summed E-state index contributed by atoms with van der Waals surface area (Å²) in [6, 6.07) is 0. The number of halogens is 3. The van der Waals surface area contributed by atoms with Crippen molar-refractivity contribution in [3.63, 3.8) is 0 Å². The van der Waals surface area contributed by atoms with Crippen LogP contribution >= 0.6 is 34.8 Å². The van der Waals surface area contributed by atoms with Gasteiger partial charge >= 0.3 is 0 Å². The molecule has 0 aromatic rings. The Labute approximate surface area is 70.5 Å². The molecular weight excluding hydrogens is 178 g/mol. The van der Waals surface area contributed by atoms with Crippen molar-refractivity contribution >= 4 is 34.8 Å². The summed E-state index contributed by atoms with van der Waals surface area (Å²) >= 11 is 17.4. The number of rotatable bonds is 1. The van der Waals surface area contributed by atoms with Crippen LogP contribution < -0.4 is 0 Å². The fourth-order valence-electron chi connectivity index (χ4n) is 1.05. The third-order valence-corrected chi connectivity index (χ3v) is 4.05. The van der Waals surface area contributed by atoms with Crippen molar-refractivity contribution < 1.29 is 0 Å². The third-order valence-electron chi connectivity index (χ3n) is 2.24. The minimum atomic E-state index is -0.575. The smallest absolute Gasteiger partial charge is 0.126 e. The van der Waals surface area contributed by atoms with E-state index in [0.29, 0.717) is 5.88 Å². The summed E-state index contributed by atoms with van der Waals surface area (Å²) in [6.45, 7) is 4.06. The normalized spacial score (nSPS) is 36.3. The second kappa shape index (κ2) is 1.93. The lowest BCUT2D eigenvalue weighted by Gasteiger charge is -1.99. The fraction of sp³-hybridized carbons (Fsp3) is 1.00. The second-order valence-electron chi connectivity index (χ2n) is 3.05. The molecule has 0 amide bonds. The highest BCUT2D eigenvalue weighted by Gasteiger charge is 2.69. The molecule has 3 heteroatoms. The molecule has 9 heavy (non-hydrogen) atoms. The van der Waals surface area contributed by atoms with E-state index in [-0.39, 0.29) is 11.3 Å². The molecule has 1 rings (SSSR count). The Hall–Kier alpha value is 0.870. The summed E-state index contributed by atoms with van der Waals surface area (Å²) in [4.78, 5) is 0. The van der Waals surface area contributed by atoms with Crippen LogP contribution in [-0.2, 0) is 0 Å². The summed E-state index contributed by atoms with van der Waals surface area (Å²) < 4.78 is -0.575. The van der Waals surface area contributed by atoms with Gasteiger partial charge in [-0.1, -0.05) is 13.8 Å². The minimum Gasteiger partial charge on any atom is -0.126 e. The molecule has 0 heterocycles. The maximum Gasteiger partial charge on any atom is 0.128 e. The number of hydrogen-bond donors (Lipinski definition) is 0. The van der Waals surface area contributed by atoms with Crippen molar-refractivity contribution in [3.05, 3.63) is 0 Å². The lowest BCUT2D eigenvalue weighted by Crippen LogP contribution is -1.96. The average molecular weight is 187 g/mol. The van der Waals surface area contributed by atoms with Gasteiger partial charge in [-0.2, -0.15) is 0 Å². The van der Waals surface area contributed by atoms with Gasteiger partial charge in [0, 0.05) is 17.2 Å². The van der Waals surface area contributed by atoms with Crippen LogP contribution in [0.3, 0.4) is 0 Å². The Morgan fingerprint density at radius 1 is 1.33 bits per heavy atom. The number of hydrogen-bond acceptors (Lipinski definition) is 0. The molecule has 0 aromatic heterocycles. The highest BCUT2D eigenvalue weighted by Crippen LogP contribution is 2.68. The van der Waals surface area contributed by atoms with E-state index in [4.69, 9.17) is 34.8 Å². The van der Waals surface area contributed by atoms with Crippen molar-refractivity contribution in [1.29, 1.82) is 0 Å². The van der Waals surface area contributed by atoms with Gasteiger partial charge in [0.05, 0.1) is 0 Å². The Bertz CT molecular complexity index is 114. The van der Waals surface area contributed by atoms with Gasteiger partial charge in [0.25, 0.3) is 0 Å². The first-order valence-electron chi connectivity index (χ1n) is 2.88. The van der Waals surface area contributed by atoms with Crippen molar-refractivity contribution in [1.82, 2.24) is 0 Å². The van der Waals surface area contributed by atoms with E-state index in [2.05, 4.69) is 0 Å². The van der Waals surface area contributed by atoms with Crippen LogP contribution in [0.4, 0.5) is 0 Å². The molecule has 0 radical (unpaired) electrons. The van der Waals surface area contributed by atoms with E-state index < -0.39 is 4.33 Å². The van der Waals surface area contributed by atoms with Crippen LogP contribution in [-0.4, -0.2) is 10.2 Å². The van der Waals surface area contributed by atoms with E-state index >= 15 is 0 Å². The first-order chi connectivity index (χ1) is 3.94. The maximum atomic E-state index is 5.88. The molecular formula is C6H9Cl3. The average Bonchev–Trinajstić information content (AvgIpc) is 2.00. The molecule has 0 aromatic carbocycles. The quantitative estimate of drug-likeness (QED) is 0.554. The zero-order chi connectivity index (χ0) is 7.28. The van der Waals surface area contributed by atoms with Crippen LogP contribution in [0, 0.1) is 11.3 Å². The van der Waals surface area contributed by atoms with Crippen molar-refractivity contribution in [2.24, 2.45) is 11.3 Å². The molecule has 0 saturated heterocycles. The SMILES string of the molecule is CC1(C)C(CCl)C1(Cl)Cl. The topological polar surface area (TPSA) is 0 Å². The van der Waals surface area contributed by atoms with Gasteiger partial charge < -0.3 is 0 Å². The molecule has 0 bridgehead atoms. The molecule has 0 nitrogen and oxygen atoms in total. The van der Waals surface area contributed by atoms with Crippen LogP contribution in [0.5, 0.6) is 0 Å². The van der Waals surface area contributed by atoms with Gasteiger partial charge in [-0.3, -0.25) is 0 Å². The van der Waals surface area contributed by atoms with Crippen molar-refractivity contribution in [3.8, 4) is 0 Å². The molecule has 0 aliphatic heterocycles. The molecule has 1 atom stereocenters. The zero-order valence-electron chi connectivity index (χ0n) is 5.42. The van der Waals surface area contributed by atoms with Gasteiger partial charge in [0.1, 0.15) is 4.33 Å². The van der Waals surface area contributed by atoms with Gasteiger partial charge in [0.2, 0.25) is 0 Å². The lowest BCUT2D eigenvalue weighted by molar-refractivity contribution is 0.584. The first kappa shape index (κ1) is 7.97. The standard InChI is InChI=1S/C6H9Cl3/c1-5(2)4(3-7)6(5,8)9/h4H,3H2,1-2H3. The maximum absolute atomic E-state index is 5.88. The summed E-state index contributed by atoms with van der Waals surface area (Å²) in [7, 11) is 0. The van der Waals surface area contributed by atoms with E-state index in [0.717, 1.165) is 0 Å². The predicted octanol–water partition coefficient (Wildman–Crippen LogP) is 3.06. The highest BCUT2D eigenvalue weighted by atomic mass is 35.5. The molecule has 0 spiro atoms. The summed E-state index contributed by atoms with van der Waals surface area (Å²) in [5.41, 5.74) is 0.0118. The van der Waals surface area contributed by atoms with Gasteiger partial charge in [-0.05, 0) is 0 Å². The van der Waals surface area contributed by atoms with Crippen molar-refractivity contribution in [2.75, 3.05) is 5.88 Å². The molecule has 1 aliphatic carbocycles. The van der Waals surface area contributed by atoms with E-state index in [1.54, 1.807) is 0 Å². The van der Waals surface area contributed by atoms with Crippen LogP contribution in [0.25, 0.3) is 0 Å². The minimum absolute atomic E-state index is 0.0118. The Morgan fingerprint density at radius 3 is 1.67 bits per heavy atom. The van der Waals surface area contributed by atoms with Crippen molar-refractivity contribution in [2.45, 2.75) is 18.2 Å². The molecule has 1 saturated carbocycles. The van der Waals surface area contributed by atoms with Gasteiger partial charge in [0.15, 0.2) is 0 Å².